The Labute approximate surface area is 193 Å². The van der Waals surface area contributed by atoms with Crippen LogP contribution >= 0.6 is 0 Å². The first-order valence-corrected chi connectivity index (χ1v) is 11.6. The van der Waals surface area contributed by atoms with Gasteiger partial charge >= 0.3 is 5.69 Å². The van der Waals surface area contributed by atoms with Gasteiger partial charge in [0.1, 0.15) is 0 Å². The molecule has 0 radical (unpaired) electrons. The maximum absolute atomic E-state index is 13.3. The lowest BCUT2D eigenvalue weighted by atomic mass is 10.0. The third-order valence-corrected chi connectivity index (χ3v) is 6.31. The van der Waals surface area contributed by atoms with Crippen LogP contribution in [0, 0.1) is 6.92 Å². The van der Waals surface area contributed by atoms with Crippen LogP contribution in [-0.4, -0.2) is 34.7 Å². The van der Waals surface area contributed by atoms with Crippen molar-refractivity contribution in [3.63, 3.8) is 0 Å². The number of pyridine rings is 1. The maximum atomic E-state index is 13.3. The SMILES string of the molecule is CCCCc1c(C)n(C(C)CC)c(=O)n1Cc1ccc(-c2ccccc2-c2nnn[nH]2)nc1. The van der Waals surface area contributed by atoms with Crippen LogP contribution in [0.2, 0.25) is 0 Å². The van der Waals surface area contributed by atoms with Crippen molar-refractivity contribution in [3.8, 4) is 22.6 Å². The first-order valence-electron chi connectivity index (χ1n) is 11.6. The second-order valence-electron chi connectivity index (χ2n) is 8.48. The van der Waals surface area contributed by atoms with Crippen LogP contribution in [0.3, 0.4) is 0 Å². The first-order chi connectivity index (χ1) is 16.0. The maximum Gasteiger partial charge on any atom is 0.329 e. The molecule has 1 atom stereocenters. The first kappa shape index (κ1) is 22.6. The Morgan fingerprint density at radius 3 is 2.52 bits per heavy atom. The average Bonchev–Trinajstić information content (AvgIpc) is 3.45. The summed E-state index contributed by atoms with van der Waals surface area (Å²) in [4.78, 5) is 18.0. The number of nitrogens with zero attached hydrogens (tertiary/aromatic N) is 6. The second kappa shape index (κ2) is 9.94. The summed E-state index contributed by atoms with van der Waals surface area (Å²) in [6, 6.07) is 12.1. The zero-order valence-electron chi connectivity index (χ0n) is 19.7. The van der Waals surface area contributed by atoms with Gasteiger partial charge in [0, 0.05) is 34.8 Å². The lowest BCUT2D eigenvalue weighted by Gasteiger charge is -2.11. The Morgan fingerprint density at radius 2 is 1.88 bits per heavy atom. The molecule has 0 saturated carbocycles. The number of imidazole rings is 1. The van der Waals surface area contributed by atoms with E-state index in [1.807, 2.05) is 51.7 Å². The summed E-state index contributed by atoms with van der Waals surface area (Å²) in [7, 11) is 0. The van der Waals surface area contributed by atoms with Gasteiger partial charge in [-0.05, 0) is 55.2 Å². The summed E-state index contributed by atoms with van der Waals surface area (Å²) in [6.07, 6.45) is 5.85. The highest BCUT2D eigenvalue weighted by Gasteiger charge is 2.20. The molecule has 1 N–H and O–H groups in total. The Balaban J connectivity index is 1.67. The van der Waals surface area contributed by atoms with E-state index in [1.165, 1.54) is 0 Å². The molecule has 0 aliphatic heterocycles. The predicted octanol–water partition coefficient (Wildman–Crippen LogP) is 4.56. The zero-order chi connectivity index (χ0) is 23.4. The van der Waals surface area contributed by atoms with E-state index in [0.717, 1.165) is 59.5 Å². The van der Waals surface area contributed by atoms with Crippen molar-refractivity contribution < 1.29 is 0 Å². The summed E-state index contributed by atoms with van der Waals surface area (Å²) in [5.74, 6) is 0.602. The van der Waals surface area contributed by atoms with E-state index in [-0.39, 0.29) is 11.7 Å². The lowest BCUT2D eigenvalue weighted by molar-refractivity contribution is 0.496. The molecule has 3 heterocycles. The molecule has 4 aromatic rings. The molecule has 0 aliphatic rings. The van der Waals surface area contributed by atoms with Gasteiger partial charge in [0.05, 0.1) is 12.2 Å². The normalized spacial score (nSPS) is 12.2. The van der Waals surface area contributed by atoms with E-state index < -0.39 is 0 Å². The van der Waals surface area contributed by atoms with Gasteiger partial charge in [0.2, 0.25) is 0 Å². The van der Waals surface area contributed by atoms with Crippen molar-refractivity contribution in [2.75, 3.05) is 0 Å². The monoisotopic (exact) mass is 445 g/mol. The molecule has 172 valence electrons. The van der Waals surface area contributed by atoms with Crippen molar-refractivity contribution in [2.45, 2.75) is 66.0 Å². The number of rotatable bonds is 9. The van der Waals surface area contributed by atoms with Crippen molar-refractivity contribution in [1.82, 2.24) is 34.7 Å². The third kappa shape index (κ3) is 4.51. The van der Waals surface area contributed by atoms with Gasteiger partial charge in [0.15, 0.2) is 5.82 Å². The van der Waals surface area contributed by atoms with Gasteiger partial charge in [-0.2, -0.15) is 0 Å². The molecule has 0 aliphatic carbocycles. The Hall–Kier alpha value is -3.55. The van der Waals surface area contributed by atoms with E-state index in [9.17, 15) is 4.79 Å². The molecule has 0 saturated heterocycles. The van der Waals surface area contributed by atoms with Crippen LogP contribution in [0.1, 0.15) is 63.0 Å². The molecule has 0 amide bonds. The Bertz CT molecular complexity index is 1250. The van der Waals surface area contributed by atoms with E-state index >= 15 is 0 Å². The quantitative estimate of drug-likeness (QED) is 0.407. The smallest absolute Gasteiger partial charge is 0.294 e. The molecule has 8 nitrogen and oxygen atoms in total. The molecule has 1 unspecified atom stereocenters. The number of hydrogen-bond donors (Lipinski definition) is 1. The van der Waals surface area contributed by atoms with Gasteiger partial charge in [-0.3, -0.25) is 14.1 Å². The number of aromatic amines is 1. The number of tetrazole rings is 1. The molecule has 8 heteroatoms. The molecule has 1 aromatic carbocycles. The topological polar surface area (TPSA) is 94.3 Å². The van der Waals surface area contributed by atoms with Crippen LogP contribution in [0.4, 0.5) is 0 Å². The fourth-order valence-electron chi connectivity index (χ4n) is 4.29. The molecular weight excluding hydrogens is 414 g/mol. The van der Waals surface area contributed by atoms with Gasteiger partial charge in [-0.25, -0.2) is 9.89 Å². The number of nitrogens with one attached hydrogen (secondary N) is 1. The van der Waals surface area contributed by atoms with Crippen LogP contribution < -0.4 is 5.69 Å². The van der Waals surface area contributed by atoms with Crippen LogP contribution in [0.25, 0.3) is 22.6 Å². The summed E-state index contributed by atoms with van der Waals surface area (Å²) in [5, 5.41) is 14.2. The van der Waals surface area contributed by atoms with Crippen LogP contribution in [0.5, 0.6) is 0 Å². The number of unbranched alkanes of at least 4 members (excludes halogenated alkanes) is 1. The van der Waals surface area contributed by atoms with Crippen molar-refractivity contribution in [2.24, 2.45) is 0 Å². The summed E-state index contributed by atoms with van der Waals surface area (Å²) < 4.78 is 3.89. The van der Waals surface area contributed by atoms with Gasteiger partial charge in [-0.15, -0.1) is 5.10 Å². The molecule has 4 rings (SSSR count). The van der Waals surface area contributed by atoms with E-state index in [1.54, 1.807) is 0 Å². The summed E-state index contributed by atoms with van der Waals surface area (Å²) >= 11 is 0. The summed E-state index contributed by atoms with van der Waals surface area (Å²) in [6.45, 7) is 9.00. The standard InChI is InChI=1S/C25H31N7O/c1-5-7-12-23-18(4)32(17(3)6-2)25(33)31(23)16-19-13-14-22(26-15-19)20-10-8-9-11-21(20)24-27-29-30-28-24/h8-11,13-15,17H,5-7,12,16H2,1-4H3,(H,27,28,29,30). The van der Waals surface area contributed by atoms with Crippen molar-refractivity contribution in [3.05, 3.63) is 70.0 Å². The lowest BCUT2D eigenvalue weighted by Crippen LogP contribution is -2.27. The van der Waals surface area contributed by atoms with E-state index in [0.29, 0.717) is 12.4 Å². The zero-order valence-corrected chi connectivity index (χ0v) is 19.7. The molecule has 0 bridgehead atoms. The molecular formula is C25H31N7O. The third-order valence-electron chi connectivity index (χ3n) is 6.31. The van der Waals surface area contributed by atoms with Crippen molar-refractivity contribution in [1.29, 1.82) is 0 Å². The minimum absolute atomic E-state index is 0.0696. The highest BCUT2D eigenvalue weighted by atomic mass is 16.1. The Kier molecular flexibility index (Phi) is 6.82. The largest absolute Gasteiger partial charge is 0.329 e. The van der Waals surface area contributed by atoms with Crippen molar-refractivity contribution >= 4 is 0 Å². The Morgan fingerprint density at radius 1 is 1.09 bits per heavy atom. The highest BCUT2D eigenvalue weighted by Crippen LogP contribution is 2.28. The number of hydrogen-bond acceptors (Lipinski definition) is 5. The number of aromatic nitrogens is 7. The van der Waals surface area contributed by atoms with Crippen LogP contribution in [-0.2, 0) is 13.0 Å². The number of benzene rings is 1. The number of H-pyrrole nitrogens is 1. The fraction of sp³-hybridized carbons (Fsp3) is 0.400. The minimum Gasteiger partial charge on any atom is -0.294 e. The fourth-order valence-corrected chi connectivity index (χ4v) is 4.29. The predicted molar refractivity (Wildman–Crippen MR) is 129 cm³/mol. The molecule has 3 aromatic heterocycles. The van der Waals surface area contributed by atoms with Gasteiger partial charge in [0.25, 0.3) is 0 Å². The van der Waals surface area contributed by atoms with Gasteiger partial charge in [-0.1, -0.05) is 50.6 Å². The molecule has 0 spiro atoms. The summed E-state index contributed by atoms with van der Waals surface area (Å²) in [5.41, 5.74) is 5.96. The minimum atomic E-state index is 0.0696. The van der Waals surface area contributed by atoms with Crippen LogP contribution in [0.15, 0.2) is 47.4 Å². The second-order valence-corrected chi connectivity index (χ2v) is 8.48. The average molecular weight is 446 g/mol. The highest BCUT2D eigenvalue weighted by molar-refractivity contribution is 5.78. The van der Waals surface area contributed by atoms with E-state index in [2.05, 4.69) is 48.3 Å². The molecule has 0 fully saturated rings. The van der Waals surface area contributed by atoms with Gasteiger partial charge < -0.3 is 0 Å². The molecule has 33 heavy (non-hydrogen) atoms. The van der Waals surface area contributed by atoms with E-state index in [4.69, 9.17) is 4.98 Å².